The number of hydrogen-bond acceptors (Lipinski definition) is 8. The highest BCUT2D eigenvalue weighted by Gasteiger charge is 2.35. The van der Waals surface area contributed by atoms with Crippen molar-refractivity contribution in [2.45, 2.75) is 32.1 Å². The Kier molecular flexibility index (Phi) is 7.88. The number of halogens is 2. The Bertz CT molecular complexity index is 1200. The van der Waals surface area contributed by atoms with Crippen LogP contribution < -0.4 is 19.7 Å². The lowest BCUT2D eigenvalue weighted by Crippen LogP contribution is -2.40. The molecule has 0 bridgehead atoms. The van der Waals surface area contributed by atoms with Gasteiger partial charge in [-0.2, -0.15) is 10.1 Å². The van der Waals surface area contributed by atoms with E-state index in [-0.39, 0.29) is 25.9 Å². The van der Waals surface area contributed by atoms with Gasteiger partial charge in [0.25, 0.3) is 5.92 Å². The number of rotatable bonds is 10. The second kappa shape index (κ2) is 11.1. The van der Waals surface area contributed by atoms with Crippen molar-refractivity contribution in [3.05, 3.63) is 30.0 Å². The van der Waals surface area contributed by atoms with Crippen LogP contribution in [0.1, 0.15) is 31.9 Å². The molecule has 3 heterocycles. The van der Waals surface area contributed by atoms with Gasteiger partial charge in [-0.15, -0.1) is 0 Å². The summed E-state index contributed by atoms with van der Waals surface area (Å²) >= 11 is 0. The zero-order valence-electron chi connectivity index (χ0n) is 21.1. The molecule has 36 heavy (non-hydrogen) atoms. The van der Waals surface area contributed by atoms with E-state index < -0.39 is 5.92 Å². The van der Waals surface area contributed by atoms with Gasteiger partial charge >= 0.3 is 0 Å². The van der Waals surface area contributed by atoms with E-state index in [2.05, 4.69) is 20.4 Å². The fraction of sp³-hybridized carbons (Fsp3) is 0.480. The Hall–Kier alpha value is -3.47. The third-order valence-electron chi connectivity index (χ3n) is 5.94. The number of aromatic nitrogens is 4. The van der Waals surface area contributed by atoms with Crippen LogP contribution in [0, 0.1) is 0 Å². The number of hydrogen-bond donors (Lipinski definition) is 2. The van der Waals surface area contributed by atoms with E-state index >= 15 is 0 Å². The molecule has 9 nitrogen and oxygen atoms in total. The van der Waals surface area contributed by atoms with Gasteiger partial charge in [-0.3, -0.25) is 5.10 Å². The first kappa shape index (κ1) is 25.6. The zero-order chi connectivity index (χ0) is 25.7. The number of fused-ring (bicyclic) bond motifs is 1. The molecule has 3 aromatic rings. The molecule has 1 aliphatic heterocycles. The average Bonchev–Trinajstić information content (AvgIpc) is 3.28. The smallest absolute Gasteiger partial charge is 0.251 e. The standard InChI is InChI=1S/C25H33F2N7O2/c1-5-7-17-14-22(32-31-17)29-23-18-15-20(35-4)21(36-13-6-10-33(2)3)16-19(18)28-24(30-23)34-11-8-25(26,27)9-12-34/h5,7,14-16H,6,8-13H2,1-4H3,(H2,28,29,30,31,32)/b7-5+. The second-order valence-electron chi connectivity index (χ2n) is 9.07. The third kappa shape index (κ3) is 6.20. The molecule has 2 aromatic heterocycles. The van der Waals surface area contributed by atoms with Crippen molar-refractivity contribution in [3.8, 4) is 11.5 Å². The number of piperidine rings is 1. The van der Waals surface area contributed by atoms with Gasteiger partial charge in [0.1, 0.15) is 5.82 Å². The Labute approximate surface area is 209 Å². The van der Waals surface area contributed by atoms with Gasteiger partial charge in [0.05, 0.1) is 24.9 Å². The maximum Gasteiger partial charge on any atom is 0.251 e. The topological polar surface area (TPSA) is 91.4 Å². The maximum absolute atomic E-state index is 13.8. The first-order valence-electron chi connectivity index (χ1n) is 12.0. The van der Waals surface area contributed by atoms with E-state index in [1.165, 1.54) is 0 Å². The van der Waals surface area contributed by atoms with Crippen LogP contribution in [-0.2, 0) is 0 Å². The van der Waals surface area contributed by atoms with Crippen molar-refractivity contribution in [1.82, 2.24) is 25.1 Å². The monoisotopic (exact) mass is 501 g/mol. The highest BCUT2D eigenvalue weighted by Crippen LogP contribution is 2.37. The summed E-state index contributed by atoms with van der Waals surface area (Å²) in [6.07, 6.45) is 4.20. The SMILES string of the molecule is C/C=C/c1cc(Nc2nc(N3CCC(F)(F)CC3)nc3cc(OCCCN(C)C)c(OC)cc23)n[nH]1. The quantitative estimate of drug-likeness (QED) is 0.386. The van der Waals surface area contributed by atoms with Crippen LogP contribution >= 0.6 is 0 Å². The summed E-state index contributed by atoms with van der Waals surface area (Å²) in [6, 6.07) is 5.50. The summed E-state index contributed by atoms with van der Waals surface area (Å²) in [5, 5.41) is 11.2. The Morgan fingerprint density at radius 2 is 1.94 bits per heavy atom. The number of nitrogens with one attached hydrogen (secondary N) is 2. The number of alkyl halides is 2. The number of aromatic amines is 1. The molecule has 1 aromatic carbocycles. The van der Waals surface area contributed by atoms with Crippen molar-refractivity contribution in [2.75, 3.05) is 57.7 Å². The molecule has 1 aliphatic rings. The minimum absolute atomic E-state index is 0.176. The highest BCUT2D eigenvalue weighted by molar-refractivity contribution is 5.94. The van der Waals surface area contributed by atoms with Crippen LogP contribution in [0.2, 0.25) is 0 Å². The molecular formula is C25H33F2N7O2. The molecule has 0 radical (unpaired) electrons. The summed E-state index contributed by atoms with van der Waals surface area (Å²) < 4.78 is 39.2. The minimum Gasteiger partial charge on any atom is -0.493 e. The lowest BCUT2D eigenvalue weighted by atomic mass is 10.1. The summed E-state index contributed by atoms with van der Waals surface area (Å²) in [5.41, 5.74) is 1.45. The van der Waals surface area contributed by atoms with Gasteiger partial charge in [-0.05, 0) is 39.6 Å². The van der Waals surface area contributed by atoms with E-state index in [9.17, 15) is 8.78 Å². The van der Waals surface area contributed by atoms with Gasteiger partial charge < -0.3 is 24.6 Å². The van der Waals surface area contributed by atoms with Crippen LogP contribution in [0.25, 0.3) is 17.0 Å². The molecule has 1 saturated heterocycles. The van der Waals surface area contributed by atoms with Crippen LogP contribution in [0.4, 0.5) is 26.4 Å². The lowest BCUT2D eigenvalue weighted by molar-refractivity contribution is -0.0222. The van der Waals surface area contributed by atoms with Gasteiger partial charge in [-0.25, -0.2) is 13.8 Å². The van der Waals surface area contributed by atoms with E-state index in [4.69, 9.17) is 19.4 Å². The highest BCUT2D eigenvalue weighted by atomic mass is 19.3. The Balaban J connectivity index is 1.71. The number of methoxy groups -OCH3 is 1. The number of benzene rings is 1. The summed E-state index contributed by atoms with van der Waals surface area (Å²) in [6.45, 7) is 3.69. The Morgan fingerprint density at radius 3 is 2.64 bits per heavy atom. The van der Waals surface area contributed by atoms with E-state index in [1.807, 2.05) is 51.4 Å². The van der Waals surface area contributed by atoms with E-state index in [0.29, 0.717) is 46.6 Å². The van der Waals surface area contributed by atoms with Crippen molar-refractivity contribution in [2.24, 2.45) is 0 Å². The van der Waals surface area contributed by atoms with Crippen LogP contribution in [0.5, 0.6) is 11.5 Å². The summed E-state index contributed by atoms with van der Waals surface area (Å²) in [5.74, 6) is -0.0761. The molecular weight excluding hydrogens is 468 g/mol. The van der Waals surface area contributed by atoms with Gasteiger partial charge in [0.2, 0.25) is 5.95 Å². The fourth-order valence-electron chi connectivity index (χ4n) is 4.02. The van der Waals surface area contributed by atoms with Crippen LogP contribution in [-0.4, -0.2) is 78.4 Å². The molecule has 11 heteroatoms. The fourth-order valence-corrected chi connectivity index (χ4v) is 4.02. The van der Waals surface area contributed by atoms with Crippen LogP contribution in [0.15, 0.2) is 24.3 Å². The molecule has 0 saturated carbocycles. The van der Waals surface area contributed by atoms with Crippen molar-refractivity contribution >= 4 is 34.6 Å². The summed E-state index contributed by atoms with van der Waals surface area (Å²) in [4.78, 5) is 13.3. The van der Waals surface area contributed by atoms with Crippen molar-refractivity contribution in [1.29, 1.82) is 0 Å². The zero-order valence-corrected chi connectivity index (χ0v) is 21.1. The molecule has 4 rings (SSSR count). The van der Waals surface area contributed by atoms with Gasteiger partial charge in [-0.1, -0.05) is 6.08 Å². The predicted molar refractivity (Wildman–Crippen MR) is 138 cm³/mol. The van der Waals surface area contributed by atoms with Crippen molar-refractivity contribution in [3.63, 3.8) is 0 Å². The number of H-pyrrole nitrogens is 1. The Morgan fingerprint density at radius 1 is 1.17 bits per heavy atom. The third-order valence-corrected chi connectivity index (χ3v) is 5.94. The molecule has 0 aliphatic carbocycles. The molecule has 1 fully saturated rings. The molecule has 0 unspecified atom stereocenters. The largest absolute Gasteiger partial charge is 0.493 e. The normalized spacial score (nSPS) is 15.7. The number of ether oxygens (including phenoxy) is 2. The average molecular weight is 502 g/mol. The first-order valence-corrected chi connectivity index (χ1v) is 12.0. The maximum atomic E-state index is 13.8. The van der Waals surface area contributed by atoms with Crippen LogP contribution in [0.3, 0.4) is 0 Å². The predicted octanol–water partition coefficient (Wildman–Crippen LogP) is 4.70. The first-order chi connectivity index (χ1) is 17.3. The molecule has 0 spiro atoms. The molecule has 0 amide bonds. The molecule has 2 N–H and O–H groups in total. The van der Waals surface area contributed by atoms with Gasteiger partial charge in [0.15, 0.2) is 17.3 Å². The molecule has 0 atom stereocenters. The molecule has 194 valence electrons. The number of allylic oxidation sites excluding steroid dienone is 1. The number of nitrogens with zero attached hydrogens (tertiary/aromatic N) is 5. The second-order valence-corrected chi connectivity index (χ2v) is 9.07. The summed E-state index contributed by atoms with van der Waals surface area (Å²) in [7, 11) is 5.61. The van der Waals surface area contributed by atoms with Crippen molar-refractivity contribution < 1.29 is 18.3 Å². The minimum atomic E-state index is -2.66. The van der Waals surface area contributed by atoms with E-state index in [0.717, 1.165) is 18.7 Å². The van der Waals surface area contributed by atoms with E-state index in [1.54, 1.807) is 12.0 Å². The number of anilines is 3. The van der Waals surface area contributed by atoms with Gasteiger partial charge in [0, 0.05) is 50.0 Å². The lowest BCUT2D eigenvalue weighted by Gasteiger charge is -2.32.